The third-order valence-corrected chi connectivity index (χ3v) is 2.84. The molecule has 0 saturated heterocycles. The molecule has 0 aliphatic heterocycles. The van der Waals surface area contributed by atoms with Crippen LogP contribution >= 0.6 is 0 Å². The van der Waals surface area contributed by atoms with Crippen molar-refractivity contribution in [1.29, 1.82) is 0 Å². The zero-order valence-corrected chi connectivity index (χ0v) is 12.8. The van der Waals surface area contributed by atoms with Crippen LogP contribution in [0, 0.1) is 0 Å². The molecule has 112 valence electrons. The largest absolute Gasteiger partial charge is 0.493 e. The second-order valence-corrected chi connectivity index (χ2v) is 4.87. The minimum absolute atomic E-state index is 0.0308. The van der Waals surface area contributed by atoms with Crippen LogP contribution in [0.15, 0.2) is 18.2 Å². The van der Waals surface area contributed by atoms with Crippen LogP contribution in [0.5, 0.6) is 11.5 Å². The lowest BCUT2D eigenvalue weighted by Gasteiger charge is -2.16. The molecule has 0 spiro atoms. The molecule has 0 heterocycles. The maximum absolute atomic E-state index is 11.4. The van der Waals surface area contributed by atoms with Gasteiger partial charge in [-0.15, -0.1) is 0 Å². The van der Waals surface area contributed by atoms with Crippen molar-refractivity contribution in [3.63, 3.8) is 0 Å². The van der Waals surface area contributed by atoms with E-state index in [0.717, 1.165) is 11.3 Å². The van der Waals surface area contributed by atoms with E-state index in [0.29, 0.717) is 12.3 Å². The Morgan fingerprint density at radius 2 is 1.95 bits per heavy atom. The quantitative estimate of drug-likeness (QED) is 0.798. The molecule has 1 amide bonds. The van der Waals surface area contributed by atoms with E-state index < -0.39 is 0 Å². The van der Waals surface area contributed by atoms with E-state index in [-0.39, 0.29) is 18.1 Å². The molecule has 20 heavy (non-hydrogen) atoms. The molecule has 1 aromatic carbocycles. The first-order chi connectivity index (χ1) is 9.47. The number of ether oxygens (including phenoxy) is 2. The highest BCUT2D eigenvalue weighted by molar-refractivity contribution is 5.80. The Kier molecular flexibility index (Phi) is 6.31. The Morgan fingerprint density at radius 3 is 2.50 bits per heavy atom. The summed E-state index contributed by atoms with van der Waals surface area (Å²) in [5.41, 5.74) is 1.04. The van der Waals surface area contributed by atoms with Crippen molar-refractivity contribution in [2.24, 2.45) is 0 Å². The van der Waals surface area contributed by atoms with Gasteiger partial charge in [-0.3, -0.25) is 4.79 Å². The number of likely N-dealkylation sites (N-methyl/N-ethyl adjacent to an activating group) is 1. The zero-order chi connectivity index (χ0) is 15.1. The van der Waals surface area contributed by atoms with Crippen molar-refractivity contribution in [2.45, 2.75) is 39.5 Å². The Bertz CT molecular complexity index is 447. The molecule has 0 radical (unpaired) electrons. The first-order valence-corrected chi connectivity index (χ1v) is 6.76. The second kappa shape index (κ2) is 7.75. The summed E-state index contributed by atoms with van der Waals surface area (Å²) in [6.07, 6.45) is 0.0983. The topological polar surface area (TPSA) is 59.6 Å². The van der Waals surface area contributed by atoms with Gasteiger partial charge in [-0.2, -0.15) is 0 Å². The number of carbonyl (C=O) groups is 1. The maximum atomic E-state index is 11.4. The molecular weight excluding hydrogens is 256 g/mol. The van der Waals surface area contributed by atoms with Crippen LogP contribution < -0.4 is 20.1 Å². The summed E-state index contributed by atoms with van der Waals surface area (Å²) in [5, 5.41) is 5.76. The lowest BCUT2D eigenvalue weighted by molar-refractivity contribution is -0.122. The van der Waals surface area contributed by atoms with Crippen molar-refractivity contribution in [2.75, 3.05) is 14.2 Å². The number of hydrogen-bond acceptors (Lipinski definition) is 4. The van der Waals surface area contributed by atoms with Gasteiger partial charge in [0.05, 0.1) is 19.3 Å². The van der Waals surface area contributed by atoms with Gasteiger partial charge in [-0.05, 0) is 38.5 Å². The molecule has 0 saturated carbocycles. The summed E-state index contributed by atoms with van der Waals surface area (Å²) in [7, 11) is 3.24. The molecular formula is C15H24N2O3. The van der Waals surface area contributed by atoms with Crippen LogP contribution in [0.4, 0.5) is 0 Å². The molecule has 0 bridgehead atoms. The fourth-order valence-corrected chi connectivity index (χ4v) is 1.75. The lowest BCUT2D eigenvalue weighted by atomic mass is 10.2. The Hall–Kier alpha value is -1.75. The molecule has 0 aliphatic carbocycles. The first kappa shape index (κ1) is 16.3. The average Bonchev–Trinajstić information content (AvgIpc) is 2.44. The number of rotatable bonds is 7. The summed E-state index contributed by atoms with van der Waals surface area (Å²) < 4.78 is 11.0. The van der Waals surface area contributed by atoms with E-state index in [1.807, 2.05) is 39.0 Å². The van der Waals surface area contributed by atoms with E-state index in [4.69, 9.17) is 9.47 Å². The van der Waals surface area contributed by atoms with Gasteiger partial charge < -0.3 is 20.1 Å². The van der Waals surface area contributed by atoms with Gasteiger partial charge in [0.2, 0.25) is 5.91 Å². The predicted octanol–water partition coefficient (Wildman–Crippen LogP) is 1.71. The average molecular weight is 280 g/mol. The number of carbonyl (C=O) groups excluding carboxylic acids is 1. The molecule has 0 fully saturated rings. The second-order valence-electron chi connectivity index (χ2n) is 4.87. The Labute approximate surface area is 120 Å². The van der Waals surface area contributed by atoms with Crippen molar-refractivity contribution < 1.29 is 14.3 Å². The van der Waals surface area contributed by atoms with E-state index in [1.54, 1.807) is 14.2 Å². The van der Waals surface area contributed by atoms with E-state index in [1.165, 1.54) is 0 Å². The van der Waals surface area contributed by atoms with E-state index in [2.05, 4.69) is 10.6 Å². The summed E-state index contributed by atoms with van der Waals surface area (Å²) >= 11 is 0. The van der Waals surface area contributed by atoms with Gasteiger partial charge in [0.25, 0.3) is 0 Å². The third-order valence-electron chi connectivity index (χ3n) is 2.84. The fourth-order valence-electron chi connectivity index (χ4n) is 1.75. The lowest BCUT2D eigenvalue weighted by Crippen LogP contribution is -2.40. The van der Waals surface area contributed by atoms with E-state index >= 15 is 0 Å². The van der Waals surface area contributed by atoms with Crippen molar-refractivity contribution in [1.82, 2.24) is 10.6 Å². The Morgan fingerprint density at radius 1 is 1.25 bits per heavy atom. The smallest absolute Gasteiger partial charge is 0.236 e. The van der Waals surface area contributed by atoms with Crippen LogP contribution in [0.25, 0.3) is 0 Å². The predicted molar refractivity (Wildman–Crippen MR) is 79.1 cm³/mol. The SMILES string of the molecule is CNC(=O)C(C)NCc1ccc(OC(C)C)c(OC)c1. The van der Waals surface area contributed by atoms with Crippen molar-refractivity contribution in [3.05, 3.63) is 23.8 Å². The maximum Gasteiger partial charge on any atom is 0.236 e. The normalized spacial score (nSPS) is 12.1. The van der Waals surface area contributed by atoms with Crippen molar-refractivity contribution in [3.8, 4) is 11.5 Å². The number of nitrogens with one attached hydrogen (secondary N) is 2. The van der Waals surface area contributed by atoms with Crippen LogP contribution in [0.3, 0.4) is 0 Å². The summed E-state index contributed by atoms with van der Waals surface area (Å²) in [5.74, 6) is 1.40. The van der Waals surface area contributed by atoms with Gasteiger partial charge >= 0.3 is 0 Å². The molecule has 5 heteroatoms. The standard InChI is InChI=1S/C15H24N2O3/c1-10(2)20-13-7-6-12(8-14(13)19-5)9-17-11(3)15(18)16-4/h6-8,10-11,17H,9H2,1-5H3,(H,16,18). The minimum atomic E-state index is -0.238. The summed E-state index contributed by atoms with van der Waals surface area (Å²) in [6, 6.07) is 5.53. The highest BCUT2D eigenvalue weighted by Gasteiger charge is 2.11. The highest BCUT2D eigenvalue weighted by atomic mass is 16.5. The van der Waals surface area contributed by atoms with Gasteiger partial charge in [0, 0.05) is 13.6 Å². The molecule has 5 nitrogen and oxygen atoms in total. The minimum Gasteiger partial charge on any atom is -0.493 e. The molecule has 1 rings (SSSR count). The van der Waals surface area contributed by atoms with Crippen LogP contribution in [0.2, 0.25) is 0 Å². The Balaban J connectivity index is 2.70. The van der Waals surface area contributed by atoms with Gasteiger partial charge in [0.15, 0.2) is 11.5 Å². The highest BCUT2D eigenvalue weighted by Crippen LogP contribution is 2.28. The number of hydrogen-bond donors (Lipinski definition) is 2. The van der Waals surface area contributed by atoms with Gasteiger partial charge in [0.1, 0.15) is 0 Å². The van der Waals surface area contributed by atoms with Crippen LogP contribution in [-0.4, -0.2) is 32.2 Å². The first-order valence-electron chi connectivity index (χ1n) is 6.76. The van der Waals surface area contributed by atoms with Gasteiger partial charge in [-0.1, -0.05) is 6.07 Å². The van der Waals surface area contributed by atoms with Gasteiger partial charge in [-0.25, -0.2) is 0 Å². The molecule has 1 atom stereocenters. The number of benzene rings is 1. The molecule has 2 N–H and O–H groups in total. The number of amides is 1. The monoisotopic (exact) mass is 280 g/mol. The zero-order valence-electron chi connectivity index (χ0n) is 12.8. The van der Waals surface area contributed by atoms with Crippen LogP contribution in [-0.2, 0) is 11.3 Å². The molecule has 0 aliphatic rings. The summed E-state index contributed by atoms with van der Waals surface area (Å²) in [4.78, 5) is 11.4. The van der Waals surface area contributed by atoms with Crippen molar-refractivity contribution >= 4 is 5.91 Å². The number of methoxy groups -OCH3 is 1. The fraction of sp³-hybridized carbons (Fsp3) is 0.533. The van der Waals surface area contributed by atoms with Crippen LogP contribution in [0.1, 0.15) is 26.3 Å². The molecule has 1 aromatic rings. The molecule has 1 unspecified atom stereocenters. The summed E-state index contributed by atoms with van der Waals surface area (Å²) in [6.45, 7) is 6.36. The third kappa shape index (κ3) is 4.74. The molecule has 0 aromatic heterocycles. The van der Waals surface area contributed by atoms with E-state index in [9.17, 15) is 4.79 Å².